The second-order valence-electron chi connectivity index (χ2n) is 5.84. The molecule has 2 amide bonds. The SMILES string of the molecule is O=C(c1cccc(C(=O)N2c3ccccc32)c1)N1c2ccccc21. The lowest BCUT2D eigenvalue weighted by atomic mass is 10.1. The molecule has 2 aliphatic rings. The molecule has 0 bridgehead atoms. The fraction of sp³-hybridized carbons (Fsp3) is 0. The van der Waals surface area contributed by atoms with Crippen LogP contribution in [0, 0.1) is 0 Å². The third kappa shape index (κ3) is 1.80. The van der Waals surface area contributed by atoms with Gasteiger partial charge in [-0.05, 0) is 42.5 Å². The van der Waals surface area contributed by atoms with Crippen LogP contribution in [-0.2, 0) is 0 Å². The van der Waals surface area contributed by atoms with Gasteiger partial charge in [0.15, 0.2) is 0 Å². The van der Waals surface area contributed by atoms with Gasteiger partial charge in [-0.15, -0.1) is 0 Å². The lowest BCUT2D eigenvalue weighted by Gasteiger charge is -2.06. The maximum Gasteiger partial charge on any atom is 0.262 e. The molecule has 0 aromatic heterocycles. The van der Waals surface area contributed by atoms with Gasteiger partial charge >= 0.3 is 0 Å². The first-order valence-corrected chi connectivity index (χ1v) is 7.73. The Morgan fingerprint density at radius 1 is 0.542 bits per heavy atom. The zero-order chi connectivity index (χ0) is 16.3. The summed E-state index contributed by atoms with van der Waals surface area (Å²) in [7, 11) is 0. The van der Waals surface area contributed by atoms with Gasteiger partial charge in [0.25, 0.3) is 11.8 Å². The van der Waals surface area contributed by atoms with Crippen LogP contribution in [-0.4, -0.2) is 11.8 Å². The van der Waals surface area contributed by atoms with E-state index in [2.05, 4.69) is 0 Å². The van der Waals surface area contributed by atoms with Crippen LogP contribution >= 0.6 is 0 Å². The highest BCUT2D eigenvalue weighted by Crippen LogP contribution is 2.49. The van der Waals surface area contributed by atoms with Gasteiger partial charge in [-0.3, -0.25) is 19.4 Å². The molecule has 4 heteroatoms. The van der Waals surface area contributed by atoms with Crippen molar-refractivity contribution in [3.63, 3.8) is 0 Å². The van der Waals surface area contributed by atoms with Crippen LogP contribution in [0.15, 0.2) is 72.8 Å². The van der Waals surface area contributed by atoms with Crippen LogP contribution in [0.5, 0.6) is 0 Å². The summed E-state index contributed by atoms with van der Waals surface area (Å²) in [6.45, 7) is 0. The number of hydrogen-bond acceptors (Lipinski definition) is 2. The number of fused-ring (bicyclic) bond motifs is 2. The zero-order valence-electron chi connectivity index (χ0n) is 12.6. The lowest BCUT2D eigenvalue weighted by Crippen LogP contribution is -2.16. The highest BCUT2D eigenvalue weighted by molar-refractivity contribution is 6.24. The Bertz CT molecular complexity index is 901. The Morgan fingerprint density at radius 2 is 0.917 bits per heavy atom. The first-order chi connectivity index (χ1) is 11.8. The first-order valence-electron chi connectivity index (χ1n) is 7.73. The van der Waals surface area contributed by atoms with Crippen molar-refractivity contribution in [2.45, 2.75) is 0 Å². The normalized spacial score (nSPS) is 13.2. The maximum atomic E-state index is 12.6. The van der Waals surface area contributed by atoms with Crippen molar-refractivity contribution < 1.29 is 9.59 Å². The average molecular weight is 312 g/mol. The first kappa shape index (κ1) is 13.1. The number of amides is 2. The number of carbonyl (C=O) groups is 2. The second-order valence-corrected chi connectivity index (χ2v) is 5.84. The highest BCUT2D eigenvalue weighted by atomic mass is 16.2. The molecule has 0 unspecified atom stereocenters. The lowest BCUT2D eigenvalue weighted by molar-refractivity contribution is 0.101. The van der Waals surface area contributed by atoms with Gasteiger partial charge in [-0.25, -0.2) is 0 Å². The number of hydrogen-bond donors (Lipinski definition) is 0. The zero-order valence-corrected chi connectivity index (χ0v) is 12.6. The molecule has 0 radical (unpaired) electrons. The van der Waals surface area contributed by atoms with Gasteiger partial charge in [-0.2, -0.15) is 0 Å². The number of benzene rings is 3. The van der Waals surface area contributed by atoms with Crippen LogP contribution in [0.3, 0.4) is 0 Å². The topological polar surface area (TPSA) is 40.2 Å². The van der Waals surface area contributed by atoms with Crippen molar-refractivity contribution in [1.29, 1.82) is 0 Å². The smallest absolute Gasteiger partial charge is 0.262 e. The molecule has 3 aromatic rings. The Morgan fingerprint density at radius 3 is 1.29 bits per heavy atom. The second kappa shape index (κ2) is 4.55. The van der Waals surface area contributed by atoms with Crippen molar-refractivity contribution in [3.05, 3.63) is 83.9 Å². The number of para-hydroxylation sites is 4. The molecule has 0 saturated heterocycles. The molecule has 0 fully saturated rings. The molecule has 2 heterocycles. The minimum atomic E-state index is -0.103. The van der Waals surface area contributed by atoms with E-state index in [4.69, 9.17) is 0 Å². The summed E-state index contributed by atoms with van der Waals surface area (Å²) in [6, 6.07) is 22.2. The number of carbonyl (C=O) groups excluding carboxylic acids is 2. The summed E-state index contributed by atoms with van der Waals surface area (Å²) in [4.78, 5) is 28.6. The standard InChI is InChI=1S/C20H12N2O2/c23-19(21-15-8-1-2-9-16(15)21)13-6-5-7-14(12-13)20(24)22-17-10-3-4-11-18(17)22/h1-12H. The van der Waals surface area contributed by atoms with E-state index in [9.17, 15) is 9.59 Å². The van der Waals surface area contributed by atoms with Crippen LogP contribution < -0.4 is 9.80 Å². The summed E-state index contributed by atoms with van der Waals surface area (Å²) >= 11 is 0. The van der Waals surface area contributed by atoms with Crippen molar-refractivity contribution in [3.8, 4) is 0 Å². The predicted molar refractivity (Wildman–Crippen MR) is 92.3 cm³/mol. The van der Waals surface area contributed by atoms with Gasteiger partial charge < -0.3 is 0 Å². The quantitative estimate of drug-likeness (QED) is 0.663. The Balaban J connectivity index is 1.42. The minimum absolute atomic E-state index is 0.103. The number of anilines is 4. The molecular formula is C20H12N2O2. The minimum Gasteiger partial charge on any atom is -0.273 e. The predicted octanol–water partition coefficient (Wildman–Crippen LogP) is 4.27. The number of rotatable bonds is 2. The molecule has 2 aliphatic heterocycles. The summed E-state index contributed by atoms with van der Waals surface area (Å²) in [6.07, 6.45) is 0. The van der Waals surface area contributed by atoms with Crippen LogP contribution in [0.25, 0.3) is 0 Å². The van der Waals surface area contributed by atoms with Crippen LogP contribution in [0.4, 0.5) is 22.7 Å². The van der Waals surface area contributed by atoms with Crippen LogP contribution in [0.2, 0.25) is 0 Å². The van der Waals surface area contributed by atoms with E-state index in [-0.39, 0.29) is 11.8 Å². The molecule has 3 aromatic carbocycles. The van der Waals surface area contributed by atoms with Crippen molar-refractivity contribution >= 4 is 34.6 Å². The van der Waals surface area contributed by atoms with Gasteiger partial charge in [0, 0.05) is 11.1 Å². The maximum absolute atomic E-state index is 12.6. The van der Waals surface area contributed by atoms with Gasteiger partial charge in [-0.1, -0.05) is 30.3 Å². The van der Waals surface area contributed by atoms with E-state index in [1.165, 1.54) is 0 Å². The van der Waals surface area contributed by atoms with E-state index in [1.807, 2.05) is 48.5 Å². The third-order valence-electron chi connectivity index (χ3n) is 4.39. The van der Waals surface area contributed by atoms with E-state index >= 15 is 0 Å². The molecule has 0 atom stereocenters. The fourth-order valence-corrected chi connectivity index (χ4v) is 3.09. The monoisotopic (exact) mass is 312 g/mol. The number of nitrogens with zero attached hydrogens (tertiary/aromatic N) is 2. The summed E-state index contributed by atoms with van der Waals surface area (Å²) in [5.74, 6) is -0.205. The average Bonchev–Trinajstić information content (AvgIpc) is 3.53. The molecule has 0 saturated carbocycles. The van der Waals surface area contributed by atoms with Gasteiger partial charge in [0.05, 0.1) is 22.7 Å². The molecule has 4 nitrogen and oxygen atoms in total. The van der Waals surface area contributed by atoms with E-state index in [1.54, 1.807) is 34.1 Å². The fourth-order valence-electron chi connectivity index (χ4n) is 3.09. The van der Waals surface area contributed by atoms with Crippen molar-refractivity contribution in [2.75, 3.05) is 9.80 Å². The Kier molecular flexibility index (Phi) is 2.48. The summed E-state index contributed by atoms with van der Waals surface area (Å²) in [5.41, 5.74) is 4.75. The van der Waals surface area contributed by atoms with Crippen molar-refractivity contribution in [1.82, 2.24) is 0 Å². The molecule has 5 rings (SSSR count). The van der Waals surface area contributed by atoms with E-state index in [0.717, 1.165) is 22.7 Å². The van der Waals surface area contributed by atoms with E-state index in [0.29, 0.717) is 11.1 Å². The molecule has 24 heavy (non-hydrogen) atoms. The summed E-state index contributed by atoms with van der Waals surface area (Å²) < 4.78 is 0. The highest BCUT2D eigenvalue weighted by Gasteiger charge is 2.37. The molecule has 114 valence electrons. The van der Waals surface area contributed by atoms with E-state index < -0.39 is 0 Å². The largest absolute Gasteiger partial charge is 0.273 e. The molecule has 0 spiro atoms. The van der Waals surface area contributed by atoms with Gasteiger partial charge in [0.2, 0.25) is 0 Å². The third-order valence-corrected chi connectivity index (χ3v) is 4.39. The van der Waals surface area contributed by atoms with Gasteiger partial charge in [0.1, 0.15) is 0 Å². The van der Waals surface area contributed by atoms with Crippen molar-refractivity contribution in [2.24, 2.45) is 0 Å². The Labute approximate surface area is 138 Å². The molecule has 0 N–H and O–H groups in total. The molecule has 0 aliphatic carbocycles. The Hall–Kier alpha value is -3.40. The van der Waals surface area contributed by atoms with Crippen LogP contribution in [0.1, 0.15) is 20.7 Å². The molecular weight excluding hydrogens is 300 g/mol. The summed E-state index contributed by atoms with van der Waals surface area (Å²) in [5, 5.41) is 0.